The van der Waals surface area contributed by atoms with Gasteiger partial charge in [-0.1, -0.05) is 6.07 Å². The van der Waals surface area contributed by atoms with Crippen molar-refractivity contribution in [2.75, 3.05) is 13.1 Å². The van der Waals surface area contributed by atoms with E-state index in [1.807, 2.05) is 37.5 Å². The van der Waals surface area contributed by atoms with E-state index in [9.17, 15) is 9.59 Å². The standard InChI is InChI=1S/C26H31N5O3/c1-26(2,3)34-25(33)30-14-9-17(10-15-30)19-16-20-23(29-13-12-27-20)31(24(19)32)21-8-4-6-18-7-5-11-28-22(18)21/h5,7,11-13,16-17,21H,4,6,8-10,14-15H2,1-3H3. The molecule has 5 rings (SSSR count). The van der Waals surface area contributed by atoms with Crippen LogP contribution in [-0.4, -0.2) is 49.2 Å². The maximum absolute atomic E-state index is 14.0. The minimum atomic E-state index is -0.525. The van der Waals surface area contributed by atoms with E-state index in [-0.39, 0.29) is 23.6 Å². The first-order valence-corrected chi connectivity index (χ1v) is 12.1. The summed E-state index contributed by atoms with van der Waals surface area (Å²) in [5.74, 6) is 0.0515. The fraction of sp³-hybridized carbons (Fsp3) is 0.500. The van der Waals surface area contributed by atoms with Crippen molar-refractivity contribution in [2.24, 2.45) is 0 Å². The van der Waals surface area contributed by atoms with Gasteiger partial charge >= 0.3 is 6.09 Å². The summed E-state index contributed by atoms with van der Waals surface area (Å²) < 4.78 is 7.35. The number of aromatic nitrogens is 4. The van der Waals surface area contributed by atoms with E-state index in [1.165, 1.54) is 5.56 Å². The Bertz CT molecular complexity index is 1270. The maximum Gasteiger partial charge on any atom is 0.410 e. The molecule has 1 atom stereocenters. The van der Waals surface area contributed by atoms with Crippen LogP contribution in [0.5, 0.6) is 0 Å². The minimum absolute atomic E-state index is 0.0211. The largest absolute Gasteiger partial charge is 0.444 e. The van der Waals surface area contributed by atoms with E-state index in [1.54, 1.807) is 23.5 Å². The summed E-state index contributed by atoms with van der Waals surface area (Å²) in [4.78, 5) is 41.9. The fourth-order valence-electron chi connectivity index (χ4n) is 5.19. The molecule has 34 heavy (non-hydrogen) atoms. The molecular formula is C26H31N5O3. The van der Waals surface area contributed by atoms with Gasteiger partial charge in [0.25, 0.3) is 5.56 Å². The Labute approximate surface area is 199 Å². The van der Waals surface area contributed by atoms with Gasteiger partial charge in [0.05, 0.1) is 11.7 Å². The number of aryl methyl sites for hydroxylation is 1. The average molecular weight is 462 g/mol. The number of fused-ring (bicyclic) bond motifs is 2. The van der Waals surface area contributed by atoms with Crippen molar-refractivity contribution in [3.63, 3.8) is 0 Å². The Morgan fingerprint density at radius 3 is 2.59 bits per heavy atom. The van der Waals surface area contributed by atoms with Crippen LogP contribution in [0.2, 0.25) is 0 Å². The van der Waals surface area contributed by atoms with E-state index < -0.39 is 5.60 Å². The third-order valence-electron chi connectivity index (χ3n) is 6.76. The summed E-state index contributed by atoms with van der Waals surface area (Å²) in [7, 11) is 0. The van der Waals surface area contributed by atoms with Crippen LogP contribution in [0.1, 0.15) is 75.2 Å². The Morgan fingerprint density at radius 1 is 1.06 bits per heavy atom. The molecular weight excluding hydrogens is 430 g/mol. The van der Waals surface area contributed by atoms with Crippen molar-refractivity contribution in [3.05, 3.63) is 64.0 Å². The molecule has 1 aliphatic heterocycles. The van der Waals surface area contributed by atoms with Gasteiger partial charge in [-0.05, 0) is 76.5 Å². The summed E-state index contributed by atoms with van der Waals surface area (Å²) >= 11 is 0. The first-order valence-electron chi connectivity index (χ1n) is 12.1. The zero-order valence-electron chi connectivity index (χ0n) is 20.0. The first kappa shape index (κ1) is 22.5. The number of ether oxygens (including phenoxy) is 1. The van der Waals surface area contributed by atoms with Crippen LogP contribution in [0.15, 0.2) is 41.6 Å². The van der Waals surface area contributed by atoms with Gasteiger partial charge in [0, 0.05) is 37.2 Å². The molecule has 0 aromatic carbocycles. The highest BCUT2D eigenvalue weighted by atomic mass is 16.6. The molecule has 1 amide bonds. The molecule has 0 saturated carbocycles. The monoisotopic (exact) mass is 461 g/mol. The number of carbonyl (C=O) groups is 1. The van der Waals surface area contributed by atoms with E-state index in [0.717, 1.165) is 36.0 Å². The minimum Gasteiger partial charge on any atom is -0.444 e. The van der Waals surface area contributed by atoms with Crippen molar-refractivity contribution in [1.82, 2.24) is 24.4 Å². The van der Waals surface area contributed by atoms with Crippen LogP contribution >= 0.6 is 0 Å². The molecule has 0 bridgehead atoms. The Hall–Kier alpha value is -3.29. The van der Waals surface area contributed by atoms with Crippen molar-refractivity contribution in [3.8, 4) is 0 Å². The number of pyridine rings is 2. The highest BCUT2D eigenvalue weighted by Gasteiger charge is 2.31. The molecule has 8 heteroatoms. The third-order valence-corrected chi connectivity index (χ3v) is 6.76. The molecule has 0 spiro atoms. The van der Waals surface area contributed by atoms with E-state index in [0.29, 0.717) is 31.6 Å². The summed E-state index contributed by atoms with van der Waals surface area (Å²) in [6.07, 6.45) is 9.04. The zero-order chi connectivity index (χ0) is 23.9. The van der Waals surface area contributed by atoms with Gasteiger partial charge in [0.1, 0.15) is 11.1 Å². The van der Waals surface area contributed by atoms with Gasteiger partial charge in [-0.2, -0.15) is 0 Å². The van der Waals surface area contributed by atoms with Gasteiger partial charge in [-0.3, -0.25) is 19.3 Å². The van der Waals surface area contributed by atoms with Gasteiger partial charge in [0.15, 0.2) is 5.65 Å². The molecule has 1 fully saturated rings. The van der Waals surface area contributed by atoms with Gasteiger partial charge in [-0.25, -0.2) is 9.78 Å². The Balaban J connectivity index is 1.50. The SMILES string of the molecule is CC(C)(C)OC(=O)N1CCC(c2cc3nccnc3n(C3CCCc4cccnc43)c2=O)CC1. The summed E-state index contributed by atoms with van der Waals surface area (Å²) in [5.41, 5.74) is 3.68. The van der Waals surface area contributed by atoms with Crippen molar-refractivity contribution < 1.29 is 9.53 Å². The molecule has 8 nitrogen and oxygen atoms in total. The lowest BCUT2D eigenvalue weighted by atomic mass is 9.88. The van der Waals surface area contributed by atoms with Crippen LogP contribution in [0.25, 0.3) is 11.2 Å². The van der Waals surface area contributed by atoms with Crippen LogP contribution in [0.3, 0.4) is 0 Å². The molecule has 0 N–H and O–H groups in total. The van der Waals surface area contributed by atoms with Crippen molar-refractivity contribution in [1.29, 1.82) is 0 Å². The number of nitrogens with zero attached hydrogens (tertiary/aromatic N) is 5. The molecule has 1 saturated heterocycles. The molecule has 1 aliphatic carbocycles. The topological polar surface area (TPSA) is 90.2 Å². The number of amides is 1. The van der Waals surface area contributed by atoms with E-state index in [2.05, 4.69) is 21.0 Å². The van der Waals surface area contributed by atoms with E-state index in [4.69, 9.17) is 4.74 Å². The highest BCUT2D eigenvalue weighted by molar-refractivity contribution is 5.71. The first-order chi connectivity index (χ1) is 16.3. The molecule has 178 valence electrons. The maximum atomic E-state index is 14.0. The van der Waals surface area contributed by atoms with Crippen molar-refractivity contribution >= 4 is 17.3 Å². The van der Waals surface area contributed by atoms with Crippen LogP contribution in [0.4, 0.5) is 4.79 Å². The molecule has 4 heterocycles. The normalized spacial score (nSPS) is 19.1. The van der Waals surface area contributed by atoms with Crippen LogP contribution in [-0.2, 0) is 11.2 Å². The van der Waals surface area contributed by atoms with Gasteiger partial charge < -0.3 is 9.64 Å². The summed E-state index contributed by atoms with van der Waals surface area (Å²) in [6.45, 7) is 6.73. The molecule has 0 radical (unpaired) electrons. The number of likely N-dealkylation sites (tertiary alicyclic amines) is 1. The fourth-order valence-corrected chi connectivity index (χ4v) is 5.19. The number of piperidine rings is 1. The predicted octanol–water partition coefficient (Wildman–Crippen LogP) is 4.23. The molecule has 3 aromatic heterocycles. The quantitative estimate of drug-likeness (QED) is 0.567. The van der Waals surface area contributed by atoms with E-state index >= 15 is 0 Å². The molecule has 2 aliphatic rings. The van der Waals surface area contributed by atoms with Crippen LogP contribution in [0, 0.1) is 0 Å². The Kier molecular flexibility index (Phi) is 5.83. The number of rotatable bonds is 2. The Morgan fingerprint density at radius 2 is 1.82 bits per heavy atom. The second kappa shape index (κ2) is 8.81. The predicted molar refractivity (Wildman–Crippen MR) is 129 cm³/mol. The molecule has 1 unspecified atom stereocenters. The second-order valence-corrected chi connectivity index (χ2v) is 10.2. The number of carbonyl (C=O) groups excluding carboxylic acids is 1. The third kappa shape index (κ3) is 4.29. The lowest BCUT2D eigenvalue weighted by molar-refractivity contribution is 0.0204. The smallest absolute Gasteiger partial charge is 0.410 e. The number of hydrogen-bond acceptors (Lipinski definition) is 6. The van der Waals surface area contributed by atoms with Gasteiger partial charge in [-0.15, -0.1) is 0 Å². The summed E-state index contributed by atoms with van der Waals surface area (Å²) in [6, 6.07) is 5.80. The lowest BCUT2D eigenvalue weighted by Crippen LogP contribution is -2.42. The van der Waals surface area contributed by atoms with Crippen LogP contribution < -0.4 is 5.56 Å². The van der Waals surface area contributed by atoms with Gasteiger partial charge in [0.2, 0.25) is 0 Å². The van der Waals surface area contributed by atoms with Crippen molar-refractivity contribution in [2.45, 2.75) is 70.4 Å². The highest BCUT2D eigenvalue weighted by Crippen LogP contribution is 2.34. The zero-order valence-corrected chi connectivity index (χ0v) is 20.0. The average Bonchev–Trinajstić information content (AvgIpc) is 2.82. The molecule has 3 aromatic rings. The number of hydrogen-bond donors (Lipinski definition) is 0. The summed E-state index contributed by atoms with van der Waals surface area (Å²) in [5, 5.41) is 0. The second-order valence-electron chi connectivity index (χ2n) is 10.2. The lowest BCUT2D eigenvalue weighted by Gasteiger charge is -2.34.